The molecule has 0 aromatic heterocycles. The molecule has 25 heavy (non-hydrogen) atoms. The van der Waals surface area contributed by atoms with E-state index in [0.717, 1.165) is 4.47 Å². The van der Waals surface area contributed by atoms with E-state index in [4.69, 9.17) is 9.47 Å². The number of nitrogens with zero attached hydrogens (tertiary/aromatic N) is 1. The van der Waals surface area contributed by atoms with Crippen molar-refractivity contribution >= 4 is 39.5 Å². The fourth-order valence-electron chi connectivity index (χ4n) is 2.54. The summed E-state index contributed by atoms with van der Waals surface area (Å²) in [7, 11) is 3.02. The van der Waals surface area contributed by atoms with Crippen molar-refractivity contribution < 1.29 is 19.1 Å². The molecule has 0 aliphatic carbocycles. The van der Waals surface area contributed by atoms with Crippen molar-refractivity contribution in [2.24, 2.45) is 0 Å². The van der Waals surface area contributed by atoms with Gasteiger partial charge in [0.05, 0.1) is 19.9 Å². The average Bonchev–Trinajstić information content (AvgIpc) is 2.90. The summed E-state index contributed by atoms with van der Waals surface area (Å²) < 4.78 is 11.4. The summed E-state index contributed by atoms with van der Waals surface area (Å²) in [5, 5.41) is 1.22. The number of halogens is 1. The molecule has 0 spiro atoms. The topological polar surface area (TPSA) is 67.9 Å². The second-order valence-electron chi connectivity index (χ2n) is 5.21. The first-order valence-corrected chi connectivity index (χ1v) is 8.18. The van der Waals surface area contributed by atoms with E-state index in [1.807, 2.05) is 6.07 Å². The van der Waals surface area contributed by atoms with Crippen LogP contribution in [0, 0.1) is 0 Å². The summed E-state index contributed by atoms with van der Waals surface area (Å²) in [5.41, 5.74) is 3.72. The summed E-state index contributed by atoms with van der Waals surface area (Å²) >= 11 is 3.38. The SMILES string of the molecule is COc1cc(Br)cc(/C=C2\C(=O)NN(c3ccccc3)C2=O)c1OC. The minimum absolute atomic E-state index is 0.0160. The number of benzene rings is 2. The van der Waals surface area contributed by atoms with Crippen LogP contribution in [0.3, 0.4) is 0 Å². The molecular weight excluding hydrogens is 388 g/mol. The van der Waals surface area contributed by atoms with Crippen LogP contribution in [0.15, 0.2) is 52.5 Å². The maximum atomic E-state index is 12.7. The van der Waals surface area contributed by atoms with Crippen LogP contribution in [0.4, 0.5) is 5.69 Å². The summed E-state index contributed by atoms with van der Waals surface area (Å²) in [4.78, 5) is 24.9. The van der Waals surface area contributed by atoms with Crippen LogP contribution in [-0.2, 0) is 9.59 Å². The number of nitrogens with one attached hydrogen (secondary N) is 1. The molecule has 1 heterocycles. The monoisotopic (exact) mass is 402 g/mol. The van der Waals surface area contributed by atoms with Crippen molar-refractivity contribution in [3.63, 3.8) is 0 Å². The Kier molecular flexibility index (Phi) is 4.76. The van der Waals surface area contributed by atoms with Gasteiger partial charge < -0.3 is 9.47 Å². The van der Waals surface area contributed by atoms with Crippen molar-refractivity contribution in [2.45, 2.75) is 0 Å². The Bertz CT molecular complexity index is 865. The fraction of sp³-hybridized carbons (Fsp3) is 0.111. The van der Waals surface area contributed by atoms with E-state index in [1.54, 1.807) is 36.4 Å². The Morgan fingerprint density at radius 2 is 1.80 bits per heavy atom. The molecular formula is C18H15BrN2O4. The minimum atomic E-state index is -0.477. The van der Waals surface area contributed by atoms with E-state index >= 15 is 0 Å². The zero-order valence-corrected chi connectivity index (χ0v) is 15.2. The number of anilines is 1. The Hall–Kier alpha value is -2.80. The lowest BCUT2D eigenvalue weighted by Crippen LogP contribution is -2.35. The number of carbonyl (C=O) groups excluding carboxylic acids is 2. The minimum Gasteiger partial charge on any atom is -0.493 e. The Morgan fingerprint density at radius 3 is 2.44 bits per heavy atom. The molecule has 1 fully saturated rings. The van der Waals surface area contributed by atoms with E-state index in [2.05, 4.69) is 21.4 Å². The van der Waals surface area contributed by atoms with Gasteiger partial charge in [-0.05, 0) is 30.3 Å². The molecule has 6 nitrogen and oxygen atoms in total. The molecule has 3 rings (SSSR count). The molecule has 2 aromatic rings. The number of hydrazine groups is 1. The number of hydrogen-bond donors (Lipinski definition) is 1. The summed E-state index contributed by atoms with van der Waals surface area (Å²) in [6.07, 6.45) is 1.49. The van der Waals surface area contributed by atoms with Gasteiger partial charge in [0.15, 0.2) is 11.5 Å². The summed E-state index contributed by atoms with van der Waals surface area (Å²) in [6.45, 7) is 0. The van der Waals surface area contributed by atoms with Gasteiger partial charge in [0.2, 0.25) is 0 Å². The van der Waals surface area contributed by atoms with Gasteiger partial charge in [0.25, 0.3) is 11.8 Å². The van der Waals surface area contributed by atoms with Crippen LogP contribution in [0.2, 0.25) is 0 Å². The third-order valence-electron chi connectivity index (χ3n) is 3.68. The van der Waals surface area contributed by atoms with E-state index < -0.39 is 11.8 Å². The summed E-state index contributed by atoms with van der Waals surface area (Å²) in [6, 6.07) is 12.4. The van der Waals surface area contributed by atoms with Crippen molar-refractivity contribution in [3.8, 4) is 11.5 Å². The van der Waals surface area contributed by atoms with Crippen LogP contribution >= 0.6 is 15.9 Å². The molecule has 1 aliphatic heterocycles. The highest BCUT2D eigenvalue weighted by Gasteiger charge is 2.34. The van der Waals surface area contributed by atoms with E-state index in [1.165, 1.54) is 25.3 Å². The number of amides is 2. The Morgan fingerprint density at radius 1 is 1.08 bits per heavy atom. The molecule has 0 unspecified atom stereocenters. The number of hydrogen-bond acceptors (Lipinski definition) is 4. The second kappa shape index (κ2) is 6.98. The standard InChI is InChI=1S/C18H15BrN2O4/c1-24-15-10-12(19)8-11(16(15)25-2)9-14-17(22)20-21(18(14)23)13-6-4-3-5-7-13/h3-10H,1-2H3,(H,20,22)/b14-9+. The lowest BCUT2D eigenvalue weighted by molar-refractivity contribution is -0.117. The van der Waals surface area contributed by atoms with Gasteiger partial charge >= 0.3 is 0 Å². The van der Waals surface area contributed by atoms with Gasteiger partial charge in [-0.1, -0.05) is 34.1 Å². The average molecular weight is 403 g/mol. The molecule has 1 N–H and O–H groups in total. The molecule has 7 heteroatoms. The highest BCUT2D eigenvalue weighted by molar-refractivity contribution is 9.10. The lowest BCUT2D eigenvalue weighted by atomic mass is 10.1. The van der Waals surface area contributed by atoms with Crippen molar-refractivity contribution in [1.29, 1.82) is 0 Å². The van der Waals surface area contributed by atoms with Crippen LogP contribution in [-0.4, -0.2) is 26.0 Å². The Labute approximate surface area is 153 Å². The highest BCUT2D eigenvalue weighted by Crippen LogP contribution is 2.36. The predicted molar refractivity (Wildman–Crippen MR) is 97.3 cm³/mol. The molecule has 0 radical (unpaired) electrons. The van der Waals surface area contributed by atoms with Gasteiger partial charge in [-0.2, -0.15) is 0 Å². The molecule has 1 saturated heterocycles. The molecule has 128 valence electrons. The maximum Gasteiger partial charge on any atom is 0.282 e. The van der Waals surface area contributed by atoms with Gasteiger partial charge in [-0.25, -0.2) is 5.01 Å². The first-order chi connectivity index (χ1) is 12.0. The van der Waals surface area contributed by atoms with Gasteiger partial charge in [-0.3, -0.25) is 15.0 Å². The number of para-hydroxylation sites is 1. The lowest BCUT2D eigenvalue weighted by Gasteiger charge is -2.14. The predicted octanol–water partition coefficient (Wildman–Crippen LogP) is 2.93. The quantitative estimate of drug-likeness (QED) is 0.630. The smallest absolute Gasteiger partial charge is 0.282 e. The van der Waals surface area contributed by atoms with Crippen molar-refractivity contribution in [3.05, 3.63) is 58.1 Å². The van der Waals surface area contributed by atoms with Crippen LogP contribution < -0.4 is 19.9 Å². The van der Waals surface area contributed by atoms with E-state index in [-0.39, 0.29) is 5.57 Å². The van der Waals surface area contributed by atoms with Gasteiger partial charge in [0, 0.05) is 10.0 Å². The molecule has 0 atom stereocenters. The number of rotatable bonds is 4. The van der Waals surface area contributed by atoms with Crippen LogP contribution in [0.25, 0.3) is 6.08 Å². The zero-order chi connectivity index (χ0) is 18.0. The normalized spacial score (nSPS) is 15.5. The van der Waals surface area contributed by atoms with Gasteiger partial charge in [0.1, 0.15) is 5.57 Å². The van der Waals surface area contributed by atoms with Crippen molar-refractivity contribution in [2.75, 3.05) is 19.2 Å². The van der Waals surface area contributed by atoms with Crippen LogP contribution in [0.1, 0.15) is 5.56 Å². The van der Waals surface area contributed by atoms with E-state index in [9.17, 15) is 9.59 Å². The third-order valence-corrected chi connectivity index (χ3v) is 4.14. The number of methoxy groups -OCH3 is 2. The molecule has 2 amide bonds. The Balaban J connectivity index is 2.03. The zero-order valence-electron chi connectivity index (χ0n) is 13.6. The highest BCUT2D eigenvalue weighted by atomic mass is 79.9. The number of carbonyl (C=O) groups is 2. The van der Waals surface area contributed by atoms with Crippen LogP contribution in [0.5, 0.6) is 11.5 Å². The molecule has 0 saturated carbocycles. The molecule has 2 aromatic carbocycles. The maximum absolute atomic E-state index is 12.7. The molecule has 1 aliphatic rings. The second-order valence-corrected chi connectivity index (χ2v) is 6.12. The number of ether oxygens (including phenoxy) is 2. The first-order valence-electron chi connectivity index (χ1n) is 7.39. The third kappa shape index (κ3) is 3.23. The van der Waals surface area contributed by atoms with E-state index in [0.29, 0.717) is 22.7 Å². The van der Waals surface area contributed by atoms with Gasteiger partial charge in [-0.15, -0.1) is 0 Å². The largest absolute Gasteiger partial charge is 0.493 e. The first kappa shape index (κ1) is 17.0. The summed E-state index contributed by atoms with van der Waals surface area (Å²) in [5.74, 6) is 0.0264. The fourth-order valence-corrected chi connectivity index (χ4v) is 2.99. The van der Waals surface area contributed by atoms with Crippen molar-refractivity contribution in [1.82, 2.24) is 5.43 Å². The molecule has 0 bridgehead atoms.